The van der Waals surface area contributed by atoms with Crippen LogP contribution in [0, 0.1) is 18.8 Å². The maximum absolute atomic E-state index is 4.24. The standard InChI is InChI=1S/C26H38/c1-8-12-13-21(9-2)18-26(17-19(5)6)24(11-4)22(10-3)23-15-14-20(7)16-25(23)26/h10-11,14-16,19,21H,3-4,8-9,12-13,17-18H2,1-2,5-7H3. The highest BCUT2D eigenvalue weighted by molar-refractivity contribution is 5.87. The van der Waals surface area contributed by atoms with E-state index in [9.17, 15) is 0 Å². The number of benzene rings is 1. The third-order valence-corrected chi connectivity index (χ3v) is 6.13. The van der Waals surface area contributed by atoms with E-state index >= 15 is 0 Å². The summed E-state index contributed by atoms with van der Waals surface area (Å²) in [6, 6.07) is 6.98. The Balaban J connectivity index is 2.64. The summed E-state index contributed by atoms with van der Waals surface area (Å²) in [4.78, 5) is 0. The third kappa shape index (κ3) is 3.90. The fourth-order valence-corrected chi connectivity index (χ4v) is 5.02. The van der Waals surface area contributed by atoms with Crippen molar-refractivity contribution in [1.29, 1.82) is 0 Å². The first-order chi connectivity index (χ1) is 12.4. The number of fused-ring (bicyclic) bond motifs is 1. The fourth-order valence-electron chi connectivity index (χ4n) is 5.02. The predicted molar refractivity (Wildman–Crippen MR) is 118 cm³/mol. The van der Waals surface area contributed by atoms with Crippen molar-refractivity contribution in [1.82, 2.24) is 0 Å². The lowest BCUT2D eigenvalue weighted by Crippen LogP contribution is -2.31. The monoisotopic (exact) mass is 350 g/mol. The summed E-state index contributed by atoms with van der Waals surface area (Å²) in [6.07, 6.45) is 11.8. The lowest BCUT2D eigenvalue weighted by atomic mass is 9.65. The zero-order valence-corrected chi connectivity index (χ0v) is 17.7. The smallest absolute Gasteiger partial charge is 0.0220 e. The van der Waals surface area contributed by atoms with Crippen molar-refractivity contribution in [2.75, 3.05) is 0 Å². The lowest BCUT2D eigenvalue weighted by Gasteiger charge is -2.38. The van der Waals surface area contributed by atoms with Gasteiger partial charge in [0.15, 0.2) is 0 Å². The highest BCUT2D eigenvalue weighted by atomic mass is 14.5. The van der Waals surface area contributed by atoms with Gasteiger partial charge >= 0.3 is 0 Å². The van der Waals surface area contributed by atoms with Crippen LogP contribution in [-0.2, 0) is 5.41 Å². The summed E-state index contributed by atoms with van der Waals surface area (Å²) in [7, 11) is 0. The first-order valence-corrected chi connectivity index (χ1v) is 10.5. The van der Waals surface area contributed by atoms with Crippen LogP contribution in [0.15, 0.2) is 49.1 Å². The zero-order valence-electron chi connectivity index (χ0n) is 17.7. The molecule has 0 bridgehead atoms. The molecule has 1 aliphatic carbocycles. The Labute approximate surface area is 162 Å². The molecule has 0 heteroatoms. The number of unbranched alkanes of at least 4 members (excludes halogenated alkanes) is 1. The second kappa shape index (κ2) is 8.89. The van der Waals surface area contributed by atoms with Gasteiger partial charge in [-0.05, 0) is 53.9 Å². The van der Waals surface area contributed by atoms with Crippen LogP contribution in [0.4, 0.5) is 0 Å². The Morgan fingerprint density at radius 1 is 1.08 bits per heavy atom. The van der Waals surface area contributed by atoms with E-state index in [4.69, 9.17) is 0 Å². The average Bonchev–Trinajstić information content (AvgIpc) is 2.86. The summed E-state index contributed by atoms with van der Waals surface area (Å²) in [6.45, 7) is 20.0. The number of allylic oxidation sites excluding steroid dienone is 4. The summed E-state index contributed by atoms with van der Waals surface area (Å²) in [5.41, 5.74) is 7.07. The Morgan fingerprint density at radius 2 is 1.81 bits per heavy atom. The van der Waals surface area contributed by atoms with E-state index in [0.29, 0.717) is 5.92 Å². The van der Waals surface area contributed by atoms with Gasteiger partial charge in [0.2, 0.25) is 0 Å². The summed E-state index contributed by atoms with van der Waals surface area (Å²) in [5, 5.41) is 0. The molecule has 0 aromatic heterocycles. The molecule has 2 atom stereocenters. The van der Waals surface area contributed by atoms with Crippen molar-refractivity contribution in [3.8, 4) is 0 Å². The Morgan fingerprint density at radius 3 is 2.35 bits per heavy atom. The van der Waals surface area contributed by atoms with Crippen molar-refractivity contribution < 1.29 is 0 Å². The van der Waals surface area contributed by atoms with E-state index in [2.05, 4.69) is 78.1 Å². The predicted octanol–water partition coefficient (Wildman–Crippen LogP) is 8.02. The highest BCUT2D eigenvalue weighted by Crippen LogP contribution is 2.54. The fraction of sp³-hybridized carbons (Fsp3) is 0.538. The molecule has 0 nitrogen and oxygen atoms in total. The van der Waals surface area contributed by atoms with Gasteiger partial charge in [-0.3, -0.25) is 0 Å². The van der Waals surface area contributed by atoms with Gasteiger partial charge in [0.1, 0.15) is 0 Å². The molecule has 142 valence electrons. The third-order valence-electron chi connectivity index (χ3n) is 6.13. The number of hydrogen-bond acceptors (Lipinski definition) is 0. The van der Waals surface area contributed by atoms with Crippen LogP contribution in [0.25, 0.3) is 5.57 Å². The Bertz CT molecular complexity index is 673. The molecule has 0 radical (unpaired) electrons. The quantitative estimate of drug-likeness (QED) is 0.400. The van der Waals surface area contributed by atoms with Gasteiger partial charge in [-0.15, -0.1) is 0 Å². The van der Waals surface area contributed by atoms with Gasteiger partial charge < -0.3 is 0 Å². The Hall–Kier alpha value is -1.56. The van der Waals surface area contributed by atoms with E-state index in [-0.39, 0.29) is 5.41 Å². The summed E-state index contributed by atoms with van der Waals surface area (Å²) < 4.78 is 0. The second-order valence-corrected chi connectivity index (χ2v) is 8.59. The van der Waals surface area contributed by atoms with E-state index < -0.39 is 0 Å². The largest absolute Gasteiger partial charge is 0.0987 e. The maximum Gasteiger partial charge on any atom is 0.0220 e. The molecule has 1 aromatic rings. The summed E-state index contributed by atoms with van der Waals surface area (Å²) >= 11 is 0. The second-order valence-electron chi connectivity index (χ2n) is 8.59. The van der Waals surface area contributed by atoms with Gasteiger partial charge in [-0.25, -0.2) is 0 Å². The van der Waals surface area contributed by atoms with E-state index in [1.54, 1.807) is 0 Å². The molecule has 0 N–H and O–H groups in total. The van der Waals surface area contributed by atoms with Crippen LogP contribution in [0.5, 0.6) is 0 Å². The molecular weight excluding hydrogens is 312 g/mol. The van der Waals surface area contributed by atoms with Crippen molar-refractivity contribution in [3.63, 3.8) is 0 Å². The molecule has 26 heavy (non-hydrogen) atoms. The van der Waals surface area contributed by atoms with Crippen molar-refractivity contribution in [3.05, 3.63) is 65.8 Å². The molecule has 2 rings (SSSR count). The molecule has 2 unspecified atom stereocenters. The van der Waals surface area contributed by atoms with Gasteiger partial charge in [0.05, 0.1) is 0 Å². The van der Waals surface area contributed by atoms with Crippen LogP contribution >= 0.6 is 0 Å². The first-order valence-electron chi connectivity index (χ1n) is 10.5. The van der Waals surface area contributed by atoms with Crippen molar-refractivity contribution in [2.45, 2.75) is 78.6 Å². The molecule has 0 heterocycles. The van der Waals surface area contributed by atoms with Gasteiger partial charge in [0.25, 0.3) is 0 Å². The highest BCUT2D eigenvalue weighted by Gasteiger charge is 2.44. The Kier molecular flexibility index (Phi) is 7.09. The van der Waals surface area contributed by atoms with Gasteiger partial charge in [-0.1, -0.05) is 102 Å². The van der Waals surface area contributed by atoms with Gasteiger partial charge in [-0.2, -0.15) is 0 Å². The average molecular weight is 351 g/mol. The molecule has 1 aliphatic rings. The number of rotatable bonds is 10. The minimum absolute atomic E-state index is 0.0925. The minimum atomic E-state index is 0.0925. The minimum Gasteiger partial charge on any atom is -0.0987 e. The van der Waals surface area contributed by atoms with Crippen LogP contribution < -0.4 is 0 Å². The topological polar surface area (TPSA) is 0 Å². The number of hydrogen-bond donors (Lipinski definition) is 0. The SMILES string of the molecule is C=CC1=C(C=C)C(CC(C)C)(CC(CC)CCCC)c2cc(C)ccc21. The lowest BCUT2D eigenvalue weighted by molar-refractivity contribution is 0.291. The van der Waals surface area contributed by atoms with E-state index in [1.807, 2.05) is 0 Å². The van der Waals surface area contributed by atoms with Crippen molar-refractivity contribution >= 4 is 5.57 Å². The van der Waals surface area contributed by atoms with E-state index in [1.165, 1.54) is 66.4 Å². The zero-order chi connectivity index (χ0) is 19.3. The molecular formula is C26H38. The number of aryl methyl sites for hydroxylation is 1. The molecule has 0 amide bonds. The molecule has 0 saturated heterocycles. The molecule has 1 aromatic carbocycles. The molecule has 0 aliphatic heterocycles. The van der Waals surface area contributed by atoms with Crippen LogP contribution in [0.1, 0.15) is 82.9 Å². The van der Waals surface area contributed by atoms with E-state index in [0.717, 1.165) is 5.92 Å². The molecule has 0 spiro atoms. The molecule has 0 saturated carbocycles. The first kappa shape index (κ1) is 20.7. The summed E-state index contributed by atoms with van der Waals surface area (Å²) in [5.74, 6) is 1.41. The van der Waals surface area contributed by atoms with Crippen molar-refractivity contribution in [2.24, 2.45) is 11.8 Å². The molecule has 0 fully saturated rings. The maximum atomic E-state index is 4.24. The van der Waals surface area contributed by atoms with Crippen LogP contribution in [-0.4, -0.2) is 0 Å². The van der Waals surface area contributed by atoms with Gasteiger partial charge in [0, 0.05) is 5.41 Å². The van der Waals surface area contributed by atoms with Crippen LogP contribution in [0.3, 0.4) is 0 Å². The van der Waals surface area contributed by atoms with Crippen LogP contribution in [0.2, 0.25) is 0 Å². The normalized spacial score (nSPS) is 20.4.